The van der Waals surface area contributed by atoms with E-state index in [0.29, 0.717) is 6.42 Å². The summed E-state index contributed by atoms with van der Waals surface area (Å²) in [5.74, 6) is -1.12. The van der Waals surface area contributed by atoms with Gasteiger partial charge in [0, 0.05) is 36.0 Å². The highest BCUT2D eigenvalue weighted by molar-refractivity contribution is 5.82. The molecular weight excluding hydrogens is 414 g/mol. The highest BCUT2D eigenvalue weighted by Gasteiger charge is 2.23. The summed E-state index contributed by atoms with van der Waals surface area (Å²) in [5, 5.41) is 17.5. The number of nitrogens with one attached hydrogen (secondary N) is 2. The Kier molecular flexibility index (Phi) is 7.55. The molecule has 0 saturated carbocycles. The lowest BCUT2D eigenvalue weighted by atomic mass is 9.89. The molecule has 4 rings (SSSR count). The zero-order valence-corrected chi connectivity index (χ0v) is 19.3. The summed E-state index contributed by atoms with van der Waals surface area (Å²) in [6, 6.07) is 9.71. The number of dihydropyridines is 1. The summed E-state index contributed by atoms with van der Waals surface area (Å²) in [6.45, 7) is 3.19. The van der Waals surface area contributed by atoms with Gasteiger partial charge in [-0.2, -0.15) is 0 Å². The normalized spacial score (nSPS) is 18.9. The quantitative estimate of drug-likeness (QED) is 0.452. The number of carbonyl (C=O) groups is 2. The van der Waals surface area contributed by atoms with E-state index in [1.807, 2.05) is 30.3 Å². The SMILES string of the molecule is CC1=C(CCCCC(=O)C[C@@H](CC(=O)O)c2cnc3ccccc3c2)NC2NCCCC2=C1. The molecule has 1 fully saturated rings. The smallest absolute Gasteiger partial charge is 0.303 e. The van der Waals surface area contributed by atoms with E-state index in [2.05, 4.69) is 28.6 Å². The molecule has 0 amide bonds. The Morgan fingerprint density at radius 1 is 1.21 bits per heavy atom. The van der Waals surface area contributed by atoms with Crippen molar-refractivity contribution in [3.05, 3.63) is 65.0 Å². The third-order valence-electron chi connectivity index (χ3n) is 6.67. The summed E-state index contributed by atoms with van der Waals surface area (Å²) in [6.07, 6.45) is 9.93. The van der Waals surface area contributed by atoms with Crippen LogP contribution in [-0.2, 0) is 9.59 Å². The van der Waals surface area contributed by atoms with Crippen molar-refractivity contribution in [3.63, 3.8) is 0 Å². The van der Waals surface area contributed by atoms with Crippen molar-refractivity contribution in [2.45, 2.75) is 70.4 Å². The van der Waals surface area contributed by atoms with Gasteiger partial charge in [-0.15, -0.1) is 0 Å². The molecule has 0 bridgehead atoms. The predicted molar refractivity (Wildman–Crippen MR) is 130 cm³/mol. The van der Waals surface area contributed by atoms with E-state index in [1.165, 1.54) is 23.3 Å². The number of aromatic nitrogens is 1. The fourth-order valence-corrected chi connectivity index (χ4v) is 4.87. The minimum absolute atomic E-state index is 0.0647. The number of fused-ring (bicyclic) bond motifs is 2. The van der Waals surface area contributed by atoms with Crippen LogP contribution in [0.4, 0.5) is 0 Å². The van der Waals surface area contributed by atoms with Gasteiger partial charge >= 0.3 is 5.97 Å². The van der Waals surface area contributed by atoms with Crippen LogP contribution in [-0.4, -0.2) is 34.6 Å². The molecule has 0 spiro atoms. The van der Waals surface area contributed by atoms with Crippen LogP contribution >= 0.6 is 0 Å². The second-order valence-corrected chi connectivity index (χ2v) is 9.22. The standard InChI is InChI=1S/C27H33N3O3/c1-18-13-20-8-6-12-28-27(20)30-24(18)10-5-3-9-23(31)15-21(16-26(32)33)22-14-19-7-2-4-11-25(19)29-17-22/h2,4,7,11,13-14,17,21,27-28,30H,3,5-6,8-10,12,15-16H2,1H3,(H,32,33)/t21-,27?/m0/s1. The number of carboxylic acid groups (broad SMARTS) is 1. The molecule has 174 valence electrons. The number of hydrogen-bond acceptors (Lipinski definition) is 5. The highest BCUT2D eigenvalue weighted by atomic mass is 16.4. The molecule has 6 heteroatoms. The zero-order chi connectivity index (χ0) is 23.2. The molecule has 6 nitrogen and oxygen atoms in total. The Hall–Kier alpha value is -2.99. The van der Waals surface area contributed by atoms with Gasteiger partial charge in [0.15, 0.2) is 0 Å². The molecular formula is C27H33N3O3. The van der Waals surface area contributed by atoms with Gasteiger partial charge in [-0.3, -0.25) is 19.9 Å². The number of unbranched alkanes of at least 4 members (excludes halogenated alkanes) is 1. The van der Waals surface area contributed by atoms with Crippen molar-refractivity contribution in [1.29, 1.82) is 0 Å². The number of Topliss-reactive ketones (excluding diaryl/α,β-unsaturated/α-hetero) is 1. The van der Waals surface area contributed by atoms with E-state index < -0.39 is 5.97 Å². The van der Waals surface area contributed by atoms with Gasteiger partial charge in [-0.25, -0.2) is 0 Å². The van der Waals surface area contributed by atoms with Gasteiger partial charge in [0.25, 0.3) is 0 Å². The molecule has 2 aromatic rings. The number of piperidine rings is 1. The lowest BCUT2D eigenvalue weighted by Gasteiger charge is -2.33. The van der Waals surface area contributed by atoms with Crippen molar-refractivity contribution in [1.82, 2.24) is 15.6 Å². The van der Waals surface area contributed by atoms with Crippen molar-refractivity contribution in [2.24, 2.45) is 0 Å². The number of ketones is 1. The molecule has 1 aromatic heterocycles. The molecule has 2 atom stereocenters. The van der Waals surface area contributed by atoms with E-state index in [1.54, 1.807) is 6.20 Å². The van der Waals surface area contributed by atoms with Gasteiger partial charge < -0.3 is 10.4 Å². The molecule has 1 unspecified atom stereocenters. The summed E-state index contributed by atoms with van der Waals surface area (Å²) >= 11 is 0. The van der Waals surface area contributed by atoms with Crippen LogP contribution in [0.3, 0.4) is 0 Å². The maximum absolute atomic E-state index is 12.7. The molecule has 1 aromatic carbocycles. The Morgan fingerprint density at radius 2 is 2.06 bits per heavy atom. The van der Waals surface area contributed by atoms with E-state index >= 15 is 0 Å². The molecule has 3 heterocycles. The first kappa shape index (κ1) is 23.2. The van der Waals surface area contributed by atoms with Gasteiger partial charge in [0.1, 0.15) is 5.78 Å². The average molecular weight is 448 g/mol. The lowest BCUT2D eigenvalue weighted by Crippen LogP contribution is -2.48. The van der Waals surface area contributed by atoms with Crippen LogP contribution in [0.15, 0.2) is 59.4 Å². The van der Waals surface area contributed by atoms with Crippen molar-refractivity contribution in [2.75, 3.05) is 6.54 Å². The molecule has 0 aliphatic carbocycles. The maximum Gasteiger partial charge on any atom is 0.303 e. The number of allylic oxidation sites excluding steroid dienone is 3. The molecule has 3 N–H and O–H groups in total. The van der Waals surface area contributed by atoms with E-state index in [0.717, 1.165) is 48.7 Å². The van der Waals surface area contributed by atoms with E-state index in [9.17, 15) is 14.7 Å². The number of benzene rings is 1. The van der Waals surface area contributed by atoms with Crippen LogP contribution in [0.25, 0.3) is 10.9 Å². The number of nitrogens with zero attached hydrogens (tertiary/aromatic N) is 1. The highest BCUT2D eigenvalue weighted by Crippen LogP contribution is 2.28. The lowest BCUT2D eigenvalue weighted by molar-refractivity contribution is -0.137. The number of para-hydroxylation sites is 1. The first-order valence-electron chi connectivity index (χ1n) is 12.0. The van der Waals surface area contributed by atoms with Gasteiger partial charge in [-0.1, -0.05) is 24.3 Å². The van der Waals surface area contributed by atoms with Crippen LogP contribution in [0.1, 0.15) is 69.8 Å². The number of carboxylic acids is 1. The summed E-state index contributed by atoms with van der Waals surface area (Å²) in [5.41, 5.74) is 5.68. The van der Waals surface area contributed by atoms with E-state index in [-0.39, 0.29) is 30.7 Å². The monoisotopic (exact) mass is 447 g/mol. The van der Waals surface area contributed by atoms with Crippen LogP contribution < -0.4 is 10.6 Å². The largest absolute Gasteiger partial charge is 0.481 e. The number of carbonyl (C=O) groups excluding carboxylic acids is 1. The van der Waals surface area contributed by atoms with Gasteiger partial charge in [0.2, 0.25) is 0 Å². The minimum Gasteiger partial charge on any atom is -0.481 e. The van der Waals surface area contributed by atoms with Crippen LogP contribution in [0, 0.1) is 0 Å². The number of rotatable bonds is 10. The molecule has 2 aliphatic heterocycles. The Bertz CT molecular complexity index is 1090. The summed E-state index contributed by atoms with van der Waals surface area (Å²) < 4.78 is 0. The second kappa shape index (κ2) is 10.8. The van der Waals surface area contributed by atoms with Gasteiger partial charge in [-0.05, 0) is 74.4 Å². The number of hydrogen-bond donors (Lipinski definition) is 3. The topological polar surface area (TPSA) is 91.3 Å². The molecule has 0 radical (unpaired) electrons. The predicted octanol–water partition coefficient (Wildman–Crippen LogP) is 4.83. The van der Waals surface area contributed by atoms with Crippen molar-refractivity contribution < 1.29 is 14.7 Å². The fraction of sp³-hybridized carbons (Fsp3) is 0.444. The van der Waals surface area contributed by atoms with E-state index in [4.69, 9.17) is 0 Å². The number of aliphatic carboxylic acids is 1. The first-order valence-corrected chi connectivity index (χ1v) is 12.0. The fourth-order valence-electron chi connectivity index (χ4n) is 4.87. The summed E-state index contributed by atoms with van der Waals surface area (Å²) in [4.78, 5) is 28.6. The zero-order valence-electron chi connectivity index (χ0n) is 19.3. The minimum atomic E-state index is -0.893. The maximum atomic E-state index is 12.7. The van der Waals surface area contributed by atoms with Crippen molar-refractivity contribution >= 4 is 22.7 Å². The Labute approximate surface area is 195 Å². The van der Waals surface area contributed by atoms with Crippen LogP contribution in [0.2, 0.25) is 0 Å². The molecule has 33 heavy (non-hydrogen) atoms. The Morgan fingerprint density at radius 3 is 2.91 bits per heavy atom. The molecule has 1 saturated heterocycles. The molecule has 2 aliphatic rings. The third-order valence-corrected chi connectivity index (χ3v) is 6.67. The average Bonchev–Trinajstić information content (AvgIpc) is 2.81. The Balaban J connectivity index is 1.30. The second-order valence-electron chi connectivity index (χ2n) is 9.22. The van der Waals surface area contributed by atoms with Gasteiger partial charge in [0.05, 0.1) is 18.1 Å². The number of pyridine rings is 1. The van der Waals surface area contributed by atoms with Crippen LogP contribution in [0.5, 0.6) is 0 Å². The first-order chi connectivity index (χ1) is 16.0. The summed E-state index contributed by atoms with van der Waals surface area (Å²) in [7, 11) is 0. The van der Waals surface area contributed by atoms with Crippen molar-refractivity contribution in [3.8, 4) is 0 Å². The third kappa shape index (κ3) is 6.08.